The second-order valence-electron chi connectivity index (χ2n) is 9.31. The zero-order valence-electron chi connectivity index (χ0n) is 17.8. The third-order valence-electron chi connectivity index (χ3n) is 7.38. The van der Waals surface area contributed by atoms with E-state index >= 15 is 0 Å². The smallest absolute Gasteiger partial charge is 0.153 e. The number of piperidine rings is 2. The van der Waals surface area contributed by atoms with Crippen molar-refractivity contribution in [2.45, 2.75) is 68.8 Å². The molecule has 3 fully saturated rings. The number of aromatic amines is 1. The van der Waals surface area contributed by atoms with Crippen LogP contribution in [0.4, 0.5) is 17.5 Å². The fourth-order valence-electron chi connectivity index (χ4n) is 6.18. The number of hydrogen-bond acceptors (Lipinski definition) is 8. The normalized spacial score (nSPS) is 28.3. The van der Waals surface area contributed by atoms with Crippen molar-refractivity contribution in [1.82, 2.24) is 25.1 Å². The number of nitriles is 1. The van der Waals surface area contributed by atoms with Gasteiger partial charge in [0.05, 0.1) is 23.9 Å². The van der Waals surface area contributed by atoms with E-state index in [1.165, 1.54) is 12.8 Å². The predicted octanol–water partition coefficient (Wildman–Crippen LogP) is 3.05. The van der Waals surface area contributed by atoms with E-state index in [9.17, 15) is 5.11 Å². The molecular formula is C23H26N8O. The lowest BCUT2D eigenvalue weighted by atomic mass is 9.57. The lowest BCUT2D eigenvalue weighted by Gasteiger charge is -2.74. The molecule has 3 aromatic rings. The van der Waals surface area contributed by atoms with E-state index in [1.54, 1.807) is 12.3 Å². The molecule has 6 rings (SSSR count). The molecule has 2 unspecified atom stereocenters. The minimum absolute atomic E-state index is 0.0903. The van der Waals surface area contributed by atoms with E-state index in [4.69, 9.17) is 10.2 Å². The Bertz CT molecular complexity index is 1180. The maximum atomic E-state index is 9.26. The number of nitrogens with zero attached hydrogens (tertiary/aromatic N) is 5. The number of H-pyrrole nitrogens is 1. The van der Waals surface area contributed by atoms with Crippen LogP contribution < -0.4 is 10.6 Å². The van der Waals surface area contributed by atoms with Gasteiger partial charge in [0.2, 0.25) is 0 Å². The minimum atomic E-state index is -0.0903. The average molecular weight is 431 g/mol. The van der Waals surface area contributed by atoms with Crippen LogP contribution in [0.3, 0.4) is 0 Å². The number of anilines is 3. The largest absolute Gasteiger partial charge is 0.390 e. The van der Waals surface area contributed by atoms with Gasteiger partial charge in [-0.3, -0.25) is 15.0 Å². The number of aliphatic hydroxyl groups is 1. The quantitative estimate of drug-likeness (QED) is 0.451. The van der Waals surface area contributed by atoms with Crippen molar-refractivity contribution in [3.63, 3.8) is 0 Å². The van der Waals surface area contributed by atoms with Crippen LogP contribution in [0, 0.1) is 11.3 Å². The summed E-state index contributed by atoms with van der Waals surface area (Å²) in [5.41, 5.74) is 1.83. The molecule has 0 saturated carbocycles. The summed E-state index contributed by atoms with van der Waals surface area (Å²) in [5, 5.41) is 33.1. The van der Waals surface area contributed by atoms with Gasteiger partial charge in [-0.25, -0.2) is 4.98 Å². The lowest BCUT2D eigenvalue weighted by Crippen LogP contribution is -2.81. The highest BCUT2D eigenvalue weighted by atomic mass is 16.3. The standard InChI is InChI=1S/C23H26N8O/c24-5-2-4-23-11-16-7-14(8-17(12-23)31(16)23)26-22-18-3-1-6-25-19(18)10-20(28-22)27-21-9-15(13-32)29-30-21/h1,3,6,9-10,14,16-17,32H,2,4,7-8,11-13H2,(H3,26,27,28,29,30)/t14?,16-,17+,23?. The van der Waals surface area contributed by atoms with Gasteiger partial charge in [-0.15, -0.1) is 0 Å². The molecule has 3 aliphatic rings. The van der Waals surface area contributed by atoms with Crippen LogP contribution in [-0.2, 0) is 6.61 Å². The Labute approximate surface area is 185 Å². The van der Waals surface area contributed by atoms with Crippen molar-refractivity contribution in [3.05, 3.63) is 36.2 Å². The molecular weight excluding hydrogens is 404 g/mol. The summed E-state index contributed by atoms with van der Waals surface area (Å²) in [6.07, 6.45) is 8.11. The Balaban J connectivity index is 1.21. The summed E-state index contributed by atoms with van der Waals surface area (Å²) in [5.74, 6) is 2.10. The molecule has 164 valence electrons. The monoisotopic (exact) mass is 430 g/mol. The first-order valence-corrected chi connectivity index (χ1v) is 11.3. The van der Waals surface area contributed by atoms with Crippen LogP contribution in [0.15, 0.2) is 30.5 Å². The van der Waals surface area contributed by atoms with Gasteiger partial charge in [0.15, 0.2) is 5.82 Å². The highest BCUT2D eigenvalue weighted by molar-refractivity contribution is 5.91. The van der Waals surface area contributed by atoms with Crippen molar-refractivity contribution < 1.29 is 5.11 Å². The Morgan fingerprint density at radius 3 is 2.84 bits per heavy atom. The summed E-state index contributed by atoms with van der Waals surface area (Å²) in [7, 11) is 0. The Hall–Kier alpha value is -3.22. The van der Waals surface area contributed by atoms with Crippen molar-refractivity contribution in [2.75, 3.05) is 10.6 Å². The molecule has 0 aromatic carbocycles. The molecule has 4 atom stereocenters. The van der Waals surface area contributed by atoms with Gasteiger partial charge < -0.3 is 15.7 Å². The van der Waals surface area contributed by atoms with Crippen LogP contribution in [0.2, 0.25) is 0 Å². The molecule has 0 bridgehead atoms. The Morgan fingerprint density at radius 2 is 2.09 bits per heavy atom. The van der Waals surface area contributed by atoms with Gasteiger partial charge in [-0.1, -0.05) is 0 Å². The molecule has 32 heavy (non-hydrogen) atoms. The van der Waals surface area contributed by atoms with E-state index < -0.39 is 0 Å². The summed E-state index contributed by atoms with van der Waals surface area (Å²) in [4.78, 5) is 12.1. The maximum absolute atomic E-state index is 9.26. The molecule has 0 spiro atoms. The number of nitrogens with one attached hydrogen (secondary N) is 3. The zero-order chi connectivity index (χ0) is 21.7. The molecule has 0 aliphatic carbocycles. The van der Waals surface area contributed by atoms with Crippen LogP contribution in [0.25, 0.3) is 10.9 Å². The zero-order valence-corrected chi connectivity index (χ0v) is 17.8. The number of fused-ring (bicyclic) bond motifs is 1. The summed E-state index contributed by atoms with van der Waals surface area (Å²) in [6.45, 7) is -0.0903. The lowest BCUT2D eigenvalue weighted by molar-refractivity contribution is -0.222. The van der Waals surface area contributed by atoms with E-state index in [1.807, 2.05) is 12.1 Å². The fraction of sp³-hybridized carbons (Fsp3) is 0.478. The summed E-state index contributed by atoms with van der Waals surface area (Å²) >= 11 is 0. The van der Waals surface area contributed by atoms with Crippen molar-refractivity contribution in [3.8, 4) is 6.07 Å². The first kappa shape index (κ1) is 19.5. The van der Waals surface area contributed by atoms with Gasteiger partial charge >= 0.3 is 0 Å². The van der Waals surface area contributed by atoms with E-state index in [-0.39, 0.29) is 6.61 Å². The molecule has 9 heteroatoms. The van der Waals surface area contributed by atoms with Gasteiger partial charge in [-0.05, 0) is 44.2 Å². The number of hydrogen-bond donors (Lipinski definition) is 4. The average Bonchev–Trinajstić information content (AvgIpc) is 3.22. The molecule has 3 aliphatic heterocycles. The second kappa shape index (κ2) is 7.43. The van der Waals surface area contributed by atoms with Crippen LogP contribution in [0.1, 0.15) is 44.2 Å². The minimum Gasteiger partial charge on any atom is -0.390 e. The first-order chi connectivity index (χ1) is 15.7. The predicted molar refractivity (Wildman–Crippen MR) is 120 cm³/mol. The second-order valence-corrected chi connectivity index (χ2v) is 9.31. The SMILES string of the molecule is N#CCCC12C[C@H]3CC(Nc4nc(Nc5cc(CO)[nH]n5)cc5ncccc45)C[C@@H](C1)N32. The molecule has 4 N–H and O–H groups in total. The van der Waals surface area contributed by atoms with Crippen LogP contribution in [-0.4, -0.2) is 53.8 Å². The van der Waals surface area contributed by atoms with Gasteiger partial charge in [0.1, 0.15) is 11.6 Å². The van der Waals surface area contributed by atoms with Crippen molar-refractivity contribution in [1.29, 1.82) is 5.26 Å². The third-order valence-corrected chi connectivity index (χ3v) is 7.38. The van der Waals surface area contributed by atoms with Gasteiger partial charge in [-0.2, -0.15) is 10.4 Å². The third kappa shape index (κ3) is 3.10. The summed E-state index contributed by atoms with van der Waals surface area (Å²) in [6, 6.07) is 11.6. The van der Waals surface area contributed by atoms with E-state index in [0.29, 0.717) is 47.4 Å². The highest BCUT2D eigenvalue weighted by Gasteiger charge is 2.64. The molecule has 9 nitrogen and oxygen atoms in total. The number of aromatic nitrogens is 4. The molecule has 0 amide bonds. The van der Waals surface area contributed by atoms with Gasteiger partial charge in [0, 0.05) is 53.8 Å². The molecule has 0 radical (unpaired) electrons. The Morgan fingerprint density at radius 1 is 1.25 bits per heavy atom. The van der Waals surface area contributed by atoms with E-state index in [2.05, 4.69) is 42.9 Å². The molecule has 6 heterocycles. The van der Waals surface area contributed by atoms with Crippen molar-refractivity contribution in [2.24, 2.45) is 0 Å². The number of pyridine rings is 2. The maximum Gasteiger partial charge on any atom is 0.153 e. The highest BCUT2D eigenvalue weighted by Crippen LogP contribution is 2.58. The van der Waals surface area contributed by atoms with Crippen molar-refractivity contribution >= 4 is 28.4 Å². The van der Waals surface area contributed by atoms with Crippen LogP contribution >= 0.6 is 0 Å². The number of rotatable bonds is 7. The van der Waals surface area contributed by atoms with E-state index in [0.717, 1.165) is 36.0 Å². The molecule has 3 saturated heterocycles. The molecule has 3 aromatic heterocycles. The fourth-order valence-corrected chi connectivity index (χ4v) is 6.18. The topological polar surface area (TPSA) is 126 Å². The Kier molecular flexibility index (Phi) is 4.52. The number of aliphatic hydroxyl groups excluding tert-OH is 1. The summed E-state index contributed by atoms with van der Waals surface area (Å²) < 4.78 is 0. The van der Waals surface area contributed by atoms with Crippen LogP contribution in [0.5, 0.6) is 0 Å². The first-order valence-electron chi connectivity index (χ1n) is 11.3. The van der Waals surface area contributed by atoms with Gasteiger partial charge in [0.25, 0.3) is 0 Å².